The molecule has 0 aromatic rings. The van der Waals surface area contributed by atoms with Crippen LogP contribution >= 0.6 is 0 Å². The van der Waals surface area contributed by atoms with E-state index in [2.05, 4.69) is 10.1 Å². The van der Waals surface area contributed by atoms with Gasteiger partial charge in [-0.2, -0.15) is 0 Å². The molecule has 0 bridgehead atoms. The second-order valence-electron chi connectivity index (χ2n) is 5.90. The molecule has 0 saturated heterocycles. The molecule has 0 aliphatic rings. The molecule has 0 amide bonds. The van der Waals surface area contributed by atoms with E-state index in [4.69, 9.17) is 4.74 Å². The summed E-state index contributed by atoms with van der Waals surface area (Å²) in [5, 5.41) is 3.05. The van der Waals surface area contributed by atoms with E-state index in [1.165, 1.54) is 7.11 Å². The SMILES string of the molecule is COC(=O)CNC(C)(C)CCC(=O)OC(C)(C)C. The lowest BCUT2D eigenvalue weighted by atomic mass is 9.98. The Bertz CT molecular complexity index is 292. The number of nitrogens with one attached hydrogen (secondary N) is 1. The van der Waals surface area contributed by atoms with Crippen molar-refractivity contribution in [1.82, 2.24) is 5.32 Å². The molecule has 5 nitrogen and oxygen atoms in total. The highest BCUT2D eigenvalue weighted by Gasteiger charge is 2.22. The van der Waals surface area contributed by atoms with Crippen molar-refractivity contribution in [2.75, 3.05) is 13.7 Å². The van der Waals surface area contributed by atoms with Crippen molar-refractivity contribution < 1.29 is 19.1 Å². The van der Waals surface area contributed by atoms with Gasteiger partial charge in [0.15, 0.2) is 0 Å². The Morgan fingerprint density at radius 2 is 1.61 bits per heavy atom. The van der Waals surface area contributed by atoms with Gasteiger partial charge in [0.05, 0.1) is 13.7 Å². The zero-order valence-electron chi connectivity index (χ0n) is 12.3. The minimum atomic E-state index is -0.458. The first-order valence-electron chi connectivity index (χ1n) is 6.09. The van der Waals surface area contributed by atoms with Crippen LogP contribution in [0.25, 0.3) is 0 Å². The van der Waals surface area contributed by atoms with Crippen molar-refractivity contribution in [2.45, 2.75) is 58.6 Å². The number of hydrogen-bond acceptors (Lipinski definition) is 5. The number of ether oxygens (including phenoxy) is 2. The Morgan fingerprint density at radius 1 is 1.06 bits per heavy atom. The molecule has 0 unspecified atom stereocenters. The van der Waals surface area contributed by atoms with Crippen LogP contribution in [0.5, 0.6) is 0 Å². The molecule has 0 atom stereocenters. The summed E-state index contributed by atoms with van der Waals surface area (Å²) in [6.07, 6.45) is 0.914. The standard InChI is InChI=1S/C13H25NO4/c1-12(2,3)18-10(15)7-8-13(4,5)14-9-11(16)17-6/h14H,7-9H2,1-6H3. The second-order valence-corrected chi connectivity index (χ2v) is 5.90. The Hall–Kier alpha value is -1.10. The number of rotatable bonds is 6. The van der Waals surface area contributed by atoms with Gasteiger partial charge in [-0.25, -0.2) is 0 Å². The van der Waals surface area contributed by atoms with Gasteiger partial charge >= 0.3 is 11.9 Å². The maximum absolute atomic E-state index is 11.6. The normalized spacial score (nSPS) is 12.1. The van der Waals surface area contributed by atoms with Crippen LogP contribution in [-0.2, 0) is 19.1 Å². The summed E-state index contributed by atoms with van der Waals surface area (Å²) in [6, 6.07) is 0. The molecule has 0 saturated carbocycles. The number of hydrogen-bond donors (Lipinski definition) is 1. The maximum Gasteiger partial charge on any atom is 0.319 e. The van der Waals surface area contributed by atoms with Crippen molar-refractivity contribution >= 4 is 11.9 Å². The number of carbonyl (C=O) groups excluding carboxylic acids is 2. The van der Waals surface area contributed by atoms with Crippen molar-refractivity contribution in [1.29, 1.82) is 0 Å². The van der Waals surface area contributed by atoms with Gasteiger partial charge in [-0.1, -0.05) is 0 Å². The van der Waals surface area contributed by atoms with Gasteiger partial charge in [0.25, 0.3) is 0 Å². The van der Waals surface area contributed by atoms with Gasteiger partial charge < -0.3 is 14.8 Å². The second kappa shape index (κ2) is 6.73. The summed E-state index contributed by atoms with van der Waals surface area (Å²) < 4.78 is 9.77. The van der Waals surface area contributed by atoms with Crippen LogP contribution in [0.15, 0.2) is 0 Å². The average molecular weight is 259 g/mol. The highest BCUT2D eigenvalue weighted by Crippen LogP contribution is 2.14. The van der Waals surface area contributed by atoms with Crippen LogP contribution in [-0.4, -0.2) is 36.7 Å². The van der Waals surface area contributed by atoms with E-state index in [0.717, 1.165) is 0 Å². The van der Waals surface area contributed by atoms with Crippen molar-refractivity contribution in [2.24, 2.45) is 0 Å². The third kappa shape index (κ3) is 8.98. The maximum atomic E-state index is 11.6. The highest BCUT2D eigenvalue weighted by atomic mass is 16.6. The zero-order chi connectivity index (χ0) is 14.4. The van der Waals surface area contributed by atoms with Gasteiger partial charge in [-0.3, -0.25) is 9.59 Å². The van der Waals surface area contributed by atoms with E-state index in [-0.39, 0.29) is 24.0 Å². The number of carbonyl (C=O) groups is 2. The fourth-order valence-corrected chi connectivity index (χ4v) is 1.28. The summed E-state index contributed by atoms with van der Waals surface area (Å²) in [5.74, 6) is -0.546. The van der Waals surface area contributed by atoms with Gasteiger partial charge in [-0.05, 0) is 41.0 Å². The van der Waals surface area contributed by atoms with E-state index < -0.39 is 5.60 Å². The molecular formula is C13H25NO4. The molecule has 0 aliphatic heterocycles. The van der Waals surface area contributed by atoms with E-state index in [1.807, 2.05) is 34.6 Å². The lowest BCUT2D eigenvalue weighted by Crippen LogP contribution is -2.43. The fraction of sp³-hybridized carbons (Fsp3) is 0.846. The van der Waals surface area contributed by atoms with Gasteiger partial charge in [0, 0.05) is 12.0 Å². The average Bonchev–Trinajstić information content (AvgIpc) is 2.21. The molecule has 0 heterocycles. The monoisotopic (exact) mass is 259 g/mol. The highest BCUT2D eigenvalue weighted by molar-refractivity contribution is 5.71. The topological polar surface area (TPSA) is 64.6 Å². The summed E-state index contributed by atoms with van der Waals surface area (Å²) in [4.78, 5) is 22.6. The first-order chi connectivity index (χ1) is 8.06. The van der Waals surface area contributed by atoms with Crippen molar-refractivity contribution in [3.63, 3.8) is 0 Å². The van der Waals surface area contributed by atoms with E-state index in [0.29, 0.717) is 12.8 Å². The van der Waals surface area contributed by atoms with Crippen molar-refractivity contribution in [3.8, 4) is 0 Å². The number of esters is 2. The van der Waals surface area contributed by atoms with Gasteiger partial charge in [0.2, 0.25) is 0 Å². The van der Waals surface area contributed by atoms with Gasteiger partial charge in [-0.15, -0.1) is 0 Å². The molecule has 18 heavy (non-hydrogen) atoms. The molecule has 1 N–H and O–H groups in total. The van der Waals surface area contributed by atoms with Crippen LogP contribution in [0.4, 0.5) is 0 Å². The van der Waals surface area contributed by atoms with Crippen LogP contribution < -0.4 is 5.32 Å². The minimum absolute atomic E-state index is 0.137. The van der Waals surface area contributed by atoms with Crippen LogP contribution in [0.2, 0.25) is 0 Å². The lowest BCUT2D eigenvalue weighted by Gasteiger charge is -2.26. The first-order valence-corrected chi connectivity index (χ1v) is 6.09. The molecule has 0 spiro atoms. The molecule has 0 radical (unpaired) electrons. The zero-order valence-corrected chi connectivity index (χ0v) is 12.3. The third-order valence-electron chi connectivity index (χ3n) is 2.31. The molecule has 0 fully saturated rings. The summed E-state index contributed by atoms with van der Waals surface area (Å²) in [7, 11) is 1.34. The Labute approximate surface area is 109 Å². The first kappa shape index (κ1) is 16.9. The Kier molecular flexibility index (Phi) is 6.32. The Morgan fingerprint density at radius 3 is 2.06 bits per heavy atom. The minimum Gasteiger partial charge on any atom is -0.468 e. The molecule has 0 aromatic carbocycles. The van der Waals surface area contributed by atoms with E-state index in [1.54, 1.807) is 0 Å². The smallest absolute Gasteiger partial charge is 0.319 e. The Balaban J connectivity index is 4.03. The van der Waals surface area contributed by atoms with Crippen LogP contribution in [0.1, 0.15) is 47.5 Å². The summed E-state index contributed by atoms with van der Waals surface area (Å²) in [6.45, 7) is 9.51. The molecule has 0 rings (SSSR count). The van der Waals surface area contributed by atoms with Crippen LogP contribution in [0.3, 0.4) is 0 Å². The lowest BCUT2D eigenvalue weighted by molar-refractivity contribution is -0.155. The fourth-order valence-electron chi connectivity index (χ4n) is 1.28. The quantitative estimate of drug-likeness (QED) is 0.735. The molecule has 0 aromatic heterocycles. The van der Waals surface area contributed by atoms with E-state index in [9.17, 15) is 9.59 Å². The largest absolute Gasteiger partial charge is 0.468 e. The number of methoxy groups -OCH3 is 1. The van der Waals surface area contributed by atoms with Crippen molar-refractivity contribution in [3.05, 3.63) is 0 Å². The van der Waals surface area contributed by atoms with E-state index >= 15 is 0 Å². The molecule has 5 heteroatoms. The van der Waals surface area contributed by atoms with Crippen LogP contribution in [0, 0.1) is 0 Å². The third-order valence-corrected chi connectivity index (χ3v) is 2.31. The molecular weight excluding hydrogens is 234 g/mol. The summed E-state index contributed by atoms with van der Waals surface area (Å²) in [5.41, 5.74) is -0.772. The molecule has 106 valence electrons. The molecule has 0 aliphatic carbocycles. The predicted octanol–water partition coefficient (Wildman–Crippen LogP) is 1.65. The predicted molar refractivity (Wildman–Crippen MR) is 69.2 cm³/mol. The van der Waals surface area contributed by atoms with Gasteiger partial charge in [0.1, 0.15) is 5.60 Å². The summed E-state index contributed by atoms with van der Waals surface area (Å²) >= 11 is 0.